The number of hydrogen-bond donors (Lipinski definition) is 0. The molecule has 0 amide bonds. The highest BCUT2D eigenvalue weighted by Crippen LogP contribution is 2.33. The molecular weight excluding hydrogens is 280 g/mol. The van der Waals surface area contributed by atoms with Gasteiger partial charge >= 0.3 is 5.69 Å². The van der Waals surface area contributed by atoms with Crippen LogP contribution in [-0.4, -0.2) is 10.1 Å². The summed E-state index contributed by atoms with van der Waals surface area (Å²) in [7, 11) is 0. The molecule has 0 saturated heterocycles. The summed E-state index contributed by atoms with van der Waals surface area (Å²) in [6, 6.07) is 9.15. The Hall–Kier alpha value is -2.17. The second kappa shape index (κ2) is 8.32. The standard InChI is InChI=1S/C17H22N2O3/c1-2-3-4-5-6-10-13-15-17(19(20)21)16(18-22-15)14-11-8-7-9-12-14/h7-9,11-12H,2-6,10,13H2,1H3. The Morgan fingerprint density at radius 2 is 1.77 bits per heavy atom. The fraction of sp³-hybridized carbons (Fsp3) is 0.471. The molecule has 0 aliphatic rings. The van der Waals surface area contributed by atoms with Gasteiger partial charge in [0.1, 0.15) is 0 Å². The van der Waals surface area contributed by atoms with Gasteiger partial charge in [-0.2, -0.15) is 0 Å². The highest BCUT2D eigenvalue weighted by atomic mass is 16.6. The summed E-state index contributed by atoms with van der Waals surface area (Å²) in [4.78, 5) is 11.0. The summed E-state index contributed by atoms with van der Waals surface area (Å²) in [6.07, 6.45) is 7.40. The van der Waals surface area contributed by atoms with Crippen LogP contribution in [0.25, 0.3) is 11.3 Å². The largest absolute Gasteiger partial charge is 0.353 e. The van der Waals surface area contributed by atoms with Crippen molar-refractivity contribution < 1.29 is 9.45 Å². The third-order valence-electron chi connectivity index (χ3n) is 3.72. The van der Waals surface area contributed by atoms with E-state index in [4.69, 9.17) is 4.52 Å². The maximum atomic E-state index is 11.4. The van der Waals surface area contributed by atoms with Crippen LogP contribution in [0.3, 0.4) is 0 Å². The Kier molecular flexibility index (Phi) is 6.13. The Labute approximate surface area is 130 Å². The lowest BCUT2D eigenvalue weighted by atomic mass is 10.1. The van der Waals surface area contributed by atoms with Gasteiger partial charge in [-0.25, -0.2) is 0 Å². The molecule has 0 radical (unpaired) electrons. The van der Waals surface area contributed by atoms with Gasteiger partial charge in [-0.1, -0.05) is 74.5 Å². The molecular formula is C17H22N2O3. The smallest absolute Gasteiger partial charge is 0.339 e. The number of rotatable bonds is 9. The van der Waals surface area contributed by atoms with Gasteiger partial charge in [0.25, 0.3) is 0 Å². The first-order valence-corrected chi connectivity index (χ1v) is 7.92. The molecule has 0 aliphatic carbocycles. The Morgan fingerprint density at radius 3 is 2.45 bits per heavy atom. The summed E-state index contributed by atoms with van der Waals surface area (Å²) in [5.74, 6) is 0.388. The number of aryl methyl sites for hydroxylation is 1. The number of aromatic nitrogens is 1. The molecule has 0 atom stereocenters. The van der Waals surface area contributed by atoms with E-state index in [1.807, 2.05) is 18.2 Å². The first kappa shape index (κ1) is 16.2. The van der Waals surface area contributed by atoms with Crippen molar-refractivity contribution in [2.45, 2.75) is 51.9 Å². The minimum atomic E-state index is -0.384. The lowest BCUT2D eigenvalue weighted by Crippen LogP contribution is -1.94. The predicted molar refractivity (Wildman–Crippen MR) is 85.7 cm³/mol. The van der Waals surface area contributed by atoms with E-state index in [1.54, 1.807) is 12.1 Å². The van der Waals surface area contributed by atoms with Crippen LogP contribution in [0.15, 0.2) is 34.9 Å². The van der Waals surface area contributed by atoms with Crippen molar-refractivity contribution in [3.63, 3.8) is 0 Å². The van der Waals surface area contributed by atoms with Gasteiger partial charge in [-0.3, -0.25) is 10.1 Å². The van der Waals surface area contributed by atoms with Crippen LogP contribution in [0.4, 0.5) is 5.69 Å². The SMILES string of the molecule is CCCCCCCCc1onc(-c2ccccc2)c1[N+](=O)[O-]. The molecule has 0 spiro atoms. The van der Waals surface area contributed by atoms with Crippen molar-refractivity contribution in [1.29, 1.82) is 0 Å². The minimum Gasteiger partial charge on any atom is -0.353 e. The molecule has 5 nitrogen and oxygen atoms in total. The van der Waals surface area contributed by atoms with Crippen LogP contribution in [0.1, 0.15) is 51.2 Å². The van der Waals surface area contributed by atoms with E-state index in [9.17, 15) is 10.1 Å². The van der Waals surface area contributed by atoms with Gasteiger partial charge in [-0.15, -0.1) is 0 Å². The molecule has 0 saturated carbocycles. The molecule has 5 heteroatoms. The average molecular weight is 302 g/mol. The van der Waals surface area contributed by atoms with Gasteiger partial charge in [0, 0.05) is 12.0 Å². The zero-order valence-electron chi connectivity index (χ0n) is 13.0. The van der Waals surface area contributed by atoms with Crippen molar-refractivity contribution in [2.75, 3.05) is 0 Å². The normalized spacial score (nSPS) is 10.8. The van der Waals surface area contributed by atoms with E-state index in [0.29, 0.717) is 23.4 Å². The van der Waals surface area contributed by atoms with Gasteiger partial charge in [0.15, 0.2) is 5.69 Å². The van der Waals surface area contributed by atoms with Crippen molar-refractivity contribution >= 4 is 5.69 Å². The average Bonchev–Trinajstić information content (AvgIpc) is 2.96. The molecule has 0 N–H and O–H groups in total. The quantitative estimate of drug-likeness (QED) is 0.365. The van der Waals surface area contributed by atoms with E-state index in [2.05, 4.69) is 12.1 Å². The number of unbranched alkanes of at least 4 members (excludes halogenated alkanes) is 5. The number of benzene rings is 1. The van der Waals surface area contributed by atoms with Crippen molar-refractivity contribution in [3.8, 4) is 11.3 Å². The van der Waals surface area contributed by atoms with Crippen LogP contribution in [-0.2, 0) is 6.42 Å². The van der Waals surface area contributed by atoms with Gasteiger partial charge in [-0.05, 0) is 6.42 Å². The van der Waals surface area contributed by atoms with Crippen molar-refractivity contribution in [1.82, 2.24) is 5.16 Å². The van der Waals surface area contributed by atoms with E-state index in [-0.39, 0.29) is 10.6 Å². The molecule has 118 valence electrons. The van der Waals surface area contributed by atoms with Crippen LogP contribution in [0.5, 0.6) is 0 Å². The number of nitro groups is 1. The summed E-state index contributed by atoms with van der Waals surface area (Å²) < 4.78 is 5.25. The van der Waals surface area contributed by atoms with E-state index < -0.39 is 0 Å². The first-order chi connectivity index (χ1) is 10.7. The van der Waals surface area contributed by atoms with Crippen LogP contribution >= 0.6 is 0 Å². The molecule has 2 aromatic rings. The molecule has 0 bridgehead atoms. The van der Waals surface area contributed by atoms with E-state index in [0.717, 1.165) is 12.8 Å². The third kappa shape index (κ3) is 4.16. The predicted octanol–water partition coefficient (Wildman–Crippen LogP) is 5.15. The first-order valence-electron chi connectivity index (χ1n) is 7.92. The van der Waals surface area contributed by atoms with E-state index in [1.165, 1.54) is 25.7 Å². The van der Waals surface area contributed by atoms with Gasteiger partial charge in [0.2, 0.25) is 5.76 Å². The Bertz CT molecular complexity index is 593. The van der Waals surface area contributed by atoms with Gasteiger partial charge in [0.05, 0.1) is 4.92 Å². The lowest BCUT2D eigenvalue weighted by Gasteiger charge is -1.99. The number of nitrogens with zero attached hydrogens (tertiary/aromatic N) is 2. The molecule has 0 fully saturated rings. The highest BCUT2D eigenvalue weighted by Gasteiger charge is 2.27. The van der Waals surface area contributed by atoms with Crippen LogP contribution in [0.2, 0.25) is 0 Å². The maximum Gasteiger partial charge on any atom is 0.339 e. The minimum absolute atomic E-state index is 0.0137. The fourth-order valence-corrected chi connectivity index (χ4v) is 2.52. The molecule has 1 aromatic heterocycles. The summed E-state index contributed by atoms with van der Waals surface area (Å²) in [6.45, 7) is 2.18. The third-order valence-corrected chi connectivity index (χ3v) is 3.72. The lowest BCUT2D eigenvalue weighted by molar-refractivity contribution is -0.385. The zero-order chi connectivity index (χ0) is 15.8. The van der Waals surface area contributed by atoms with Crippen molar-refractivity contribution in [2.24, 2.45) is 0 Å². The van der Waals surface area contributed by atoms with Gasteiger partial charge < -0.3 is 4.52 Å². The molecule has 2 rings (SSSR count). The summed E-state index contributed by atoms with van der Waals surface area (Å²) >= 11 is 0. The number of hydrogen-bond acceptors (Lipinski definition) is 4. The fourth-order valence-electron chi connectivity index (χ4n) is 2.52. The van der Waals surface area contributed by atoms with E-state index >= 15 is 0 Å². The Morgan fingerprint density at radius 1 is 1.09 bits per heavy atom. The van der Waals surface area contributed by atoms with Crippen LogP contribution in [0, 0.1) is 10.1 Å². The summed E-state index contributed by atoms with van der Waals surface area (Å²) in [5, 5.41) is 15.3. The molecule has 1 aromatic carbocycles. The Balaban J connectivity index is 2.03. The second-order valence-electron chi connectivity index (χ2n) is 5.44. The summed E-state index contributed by atoms with van der Waals surface area (Å²) in [5.41, 5.74) is 1.05. The zero-order valence-corrected chi connectivity index (χ0v) is 13.0. The van der Waals surface area contributed by atoms with Crippen LogP contribution < -0.4 is 0 Å². The van der Waals surface area contributed by atoms with Crippen molar-refractivity contribution in [3.05, 3.63) is 46.2 Å². The monoisotopic (exact) mass is 302 g/mol. The topological polar surface area (TPSA) is 69.2 Å². The maximum absolute atomic E-state index is 11.4. The molecule has 22 heavy (non-hydrogen) atoms. The second-order valence-corrected chi connectivity index (χ2v) is 5.44. The molecule has 0 aliphatic heterocycles. The molecule has 0 unspecified atom stereocenters. The molecule has 1 heterocycles. The highest BCUT2D eigenvalue weighted by molar-refractivity contribution is 5.70.